The first-order chi connectivity index (χ1) is 8.78. The van der Waals surface area contributed by atoms with Crippen LogP contribution in [-0.2, 0) is 9.53 Å². The Morgan fingerprint density at radius 2 is 1.89 bits per heavy atom. The Balaban J connectivity index is 1.69. The Kier molecular flexibility index (Phi) is 3.35. The maximum Gasteiger partial charge on any atom is 0.229 e. The summed E-state index contributed by atoms with van der Waals surface area (Å²) >= 11 is 0. The van der Waals surface area contributed by atoms with E-state index in [1.54, 1.807) is 0 Å². The molecule has 0 N–H and O–H groups in total. The Labute approximate surface area is 110 Å². The average molecular weight is 251 g/mol. The SMILES string of the molecule is CCCN(C(=O)C1(C2CCOCC2)CC1)C1CC1. The topological polar surface area (TPSA) is 29.5 Å². The average Bonchev–Trinajstić information content (AvgIpc) is 3.30. The van der Waals surface area contributed by atoms with E-state index in [4.69, 9.17) is 4.74 Å². The van der Waals surface area contributed by atoms with Crippen molar-refractivity contribution in [3.05, 3.63) is 0 Å². The van der Waals surface area contributed by atoms with E-state index < -0.39 is 0 Å². The van der Waals surface area contributed by atoms with Crippen molar-refractivity contribution in [2.75, 3.05) is 19.8 Å². The van der Waals surface area contributed by atoms with Crippen molar-refractivity contribution in [3.8, 4) is 0 Å². The highest BCUT2D eigenvalue weighted by molar-refractivity contribution is 5.86. The molecule has 1 heterocycles. The van der Waals surface area contributed by atoms with E-state index in [0.717, 1.165) is 51.9 Å². The predicted octanol–water partition coefficient (Wildman–Crippen LogP) is 2.59. The largest absolute Gasteiger partial charge is 0.381 e. The molecule has 0 aromatic heterocycles. The third-order valence-corrected chi connectivity index (χ3v) is 4.93. The van der Waals surface area contributed by atoms with Gasteiger partial charge in [-0.25, -0.2) is 0 Å². The van der Waals surface area contributed by atoms with Crippen LogP contribution >= 0.6 is 0 Å². The molecule has 18 heavy (non-hydrogen) atoms. The van der Waals surface area contributed by atoms with Gasteiger partial charge in [-0.15, -0.1) is 0 Å². The van der Waals surface area contributed by atoms with Gasteiger partial charge in [-0.1, -0.05) is 6.92 Å². The van der Waals surface area contributed by atoms with Crippen LogP contribution in [0.5, 0.6) is 0 Å². The van der Waals surface area contributed by atoms with Gasteiger partial charge in [0.15, 0.2) is 0 Å². The third kappa shape index (κ3) is 2.18. The second-order valence-electron chi connectivity index (χ2n) is 6.27. The van der Waals surface area contributed by atoms with Crippen molar-refractivity contribution in [2.24, 2.45) is 11.3 Å². The lowest BCUT2D eigenvalue weighted by Gasteiger charge is -2.34. The fraction of sp³-hybridized carbons (Fsp3) is 0.933. The molecule has 3 aliphatic rings. The number of carbonyl (C=O) groups excluding carboxylic acids is 1. The van der Waals surface area contributed by atoms with Gasteiger partial charge in [-0.2, -0.15) is 0 Å². The van der Waals surface area contributed by atoms with E-state index in [1.165, 1.54) is 12.8 Å². The summed E-state index contributed by atoms with van der Waals surface area (Å²) in [5, 5.41) is 0. The highest BCUT2D eigenvalue weighted by atomic mass is 16.5. The smallest absolute Gasteiger partial charge is 0.229 e. The zero-order valence-electron chi connectivity index (χ0n) is 11.5. The Hall–Kier alpha value is -0.570. The molecule has 0 spiro atoms. The van der Waals surface area contributed by atoms with Crippen LogP contribution in [0.3, 0.4) is 0 Å². The van der Waals surface area contributed by atoms with Gasteiger partial charge in [0, 0.05) is 25.8 Å². The summed E-state index contributed by atoms with van der Waals surface area (Å²) in [5.74, 6) is 1.08. The number of ether oxygens (including phenoxy) is 1. The van der Waals surface area contributed by atoms with Crippen LogP contribution in [0.25, 0.3) is 0 Å². The minimum absolute atomic E-state index is 0.0293. The van der Waals surface area contributed by atoms with E-state index in [9.17, 15) is 4.79 Å². The number of amides is 1. The van der Waals surface area contributed by atoms with Crippen LogP contribution in [0.15, 0.2) is 0 Å². The summed E-state index contributed by atoms with van der Waals surface area (Å²) < 4.78 is 5.45. The Morgan fingerprint density at radius 1 is 1.22 bits per heavy atom. The van der Waals surface area contributed by atoms with Crippen molar-refractivity contribution < 1.29 is 9.53 Å². The molecule has 0 atom stereocenters. The van der Waals surface area contributed by atoms with Gasteiger partial charge in [-0.05, 0) is 50.9 Å². The number of rotatable bonds is 5. The molecular formula is C15H25NO2. The molecule has 0 radical (unpaired) electrons. The van der Waals surface area contributed by atoms with E-state index >= 15 is 0 Å². The Morgan fingerprint density at radius 3 is 2.39 bits per heavy atom. The van der Waals surface area contributed by atoms with E-state index in [1.807, 2.05) is 0 Å². The Bertz CT molecular complexity index is 314. The van der Waals surface area contributed by atoms with Gasteiger partial charge in [0.05, 0.1) is 5.41 Å². The standard InChI is InChI=1S/C15H25NO2/c1-2-9-16(13-3-4-13)14(17)15(7-8-15)12-5-10-18-11-6-12/h12-13H,2-11H2,1H3. The number of carbonyl (C=O) groups is 1. The fourth-order valence-electron chi connectivity index (χ4n) is 3.54. The number of hydrogen-bond donors (Lipinski definition) is 0. The van der Waals surface area contributed by atoms with Crippen molar-refractivity contribution >= 4 is 5.91 Å². The molecule has 0 aromatic rings. The maximum absolute atomic E-state index is 12.9. The molecule has 1 amide bonds. The van der Waals surface area contributed by atoms with Crippen LogP contribution in [0, 0.1) is 11.3 Å². The van der Waals surface area contributed by atoms with Crippen molar-refractivity contribution in [2.45, 2.75) is 57.9 Å². The van der Waals surface area contributed by atoms with Crippen LogP contribution in [0.4, 0.5) is 0 Å². The third-order valence-electron chi connectivity index (χ3n) is 4.93. The number of hydrogen-bond acceptors (Lipinski definition) is 2. The summed E-state index contributed by atoms with van der Waals surface area (Å²) in [6.45, 7) is 4.86. The zero-order valence-corrected chi connectivity index (χ0v) is 11.5. The van der Waals surface area contributed by atoms with Crippen LogP contribution in [0.1, 0.15) is 51.9 Å². The van der Waals surface area contributed by atoms with Crippen molar-refractivity contribution in [3.63, 3.8) is 0 Å². The summed E-state index contributed by atoms with van der Waals surface area (Å²) in [4.78, 5) is 15.1. The minimum Gasteiger partial charge on any atom is -0.381 e. The molecule has 0 aromatic carbocycles. The highest BCUT2D eigenvalue weighted by Gasteiger charge is 2.57. The molecule has 102 valence electrons. The highest BCUT2D eigenvalue weighted by Crippen LogP contribution is 2.57. The van der Waals surface area contributed by atoms with E-state index in [-0.39, 0.29) is 5.41 Å². The molecule has 0 unspecified atom stereocenters. The van der Waals surface area contributed by atoms with E-state index in [0.29, 0.717) is 17.9 Å². The summed E-state index contributed by atoms with van der Waals surface area (Å²) in [6, 6.07) is 0.578. The fourth-order valence-corrected chi connectivity index (χ4v) is 3.54. The normalized spacial score (nSPS) is 26.9. The van der Waals surface area contributed by atoms with Crippen molar-refractivity contribution in [1.82, 2.24) is 4.90 Å². The number of nitrogens with zero attached hydrogens (tertiary/aromatic N) is 1. The van der Waals surface area contributed by atoms with Gasteiger partial charge in [-0.3, -0.25) is 4.79 Å². The molecule has 2 saturated carbocycles. The van der Waals surface area contributed by atoms with E-state index in [2.05, 4.69) is 11.8 Å². The lowest BCUT2D eigenvalue weighted by atomic mass is 9.82. The second-order valence-corrected chi connectivity index (χ2v) is 6.27. The molecule has 1 saturated heterocycles. The monoisotopic (exact) mass is 251 g/mol. The van der Waals surface area contributed by atoms with Crippen molar-refractivity contribution in [1.29, 1.82) is 0 Å². The second kappa shape index (κ2) is 4.84. The first-order valence-electron chi connectivity index (χ1n) is 7.67. The summed E-state index contributed by atoms with van der Waals surface area (Å²) in [6.07, 6.45) is 8.00. The van der Waals surface area contributed by atoms with Gasteiger partial charge >= 0.3 is 0 Å². The molecule has 3 nitrogen and oxygen atoms in total. The molecule has 3 rings (SSSR count). The molecular weight excluding hydrogens is 226 g/mol. The predicted molar refractivity (Wildman–Crippen MR) is 70.2 cm³/mol. The van der Waals surface area contributed by atoms with Gasteiger partial charge in [0.25, 0.3) is 0 Å². The van der Waals surface area contributed by atoms with Gasteiger partial charge in [0.1, 0.15) is 0 Å². The van der Waals surface area contributed by atoms with Crippen LogP contribution in [-0.4, -0.2) is 36.6 Å². The summed E-state index contributed by atoms with van der Waals surface area (Å²) in [5.41, 5.74) is 0.0293. The van der Waals surface area contributed by atoms with Crippen LogP contribution < -0.4 is 0 Å². The summed E-state index contributed by atoms with van der Waals surface area (Å²) in [7, 11) is 0. The zero-order chi connectivity index (χ0) is 12.6. The molecule has 3 heteroatoms. The quantitative estimate of drug-likeness (QED) is 0.751. The maximum atomic E-state index is 12.9. The first-order valence-corrected chi connectivity index (χ1v) is 7.67. The molecule has 1 aliphatic heterocycles. The lowest BCUT2D eigenvalue weighted by molar-refractivity contribution is -0.141. The van der Waals surface area contributed by atoms with Crippen LogP contribution in [0.2, 0.25) is 0 Å². The lowest BCUT2D eigenvalue weighted by Crippen LogP contribution is -2.43. The minimum atomic E-state index is 0.0293. The molecule has 2 aliphatic carbocycles. The molecule has 3 fully saturated rings. The van der Waals surface area contributed by atoms with Gasteiger partial charge in [0.2, 0.25) is 5.91 Å². The molecule has 0 bridgehead atoms. The first kappa shape index (κ1) is 12.5. The van der Waals surface area contributed by atoms with Gasteiger partial charge < -0.3 is 9.64 Å².